The van der Waals surface area contributed by atoms with E-state index in [0.29, 0.717) is 17.5 Å². The summed E-state index contributed by atoms with van der Waals surface area (Å²) < 4.78 is 1.99. The molecule has 0 amide bonds. The summed E-state index contributed by atoms with van der Waals surface area (Å²) >= 11 is 0. The SMILES string of the molecule is C1=NCCn2c1nnc2-c1nc(-c2ccccc2)n[nH]1. The second-order valence-corrected chi connectivity index (χ2v) is 4.44. The molecule has 0 fully saturated rings. The molecule has 3 aromatic rings. The van der Waals surface area contributed by atoms with E-state index < -0.39 is 0 Å². The van der Waals surface area contributed by atoms with Crippen molar-refractivity contribution in [3.05, 3.63) is 36.2 Å². The quantitative estimate of drug-likeness (QED) is 0.753. The van der Waals surface area contributed by atoms with Gasteiger partial charge in [0.15, 0.2) is 17.5 Å². The van der Waals surface area contributed by atoms with Crippen LogP contribution in [-0.2, 0) is 6.54 Å². The Hall–Kier alpha value is -2.83. The highest BCUT2D eigenvalue weighted by Crippen LogP contribution is 2.19. The highest BCUT2D eigenvalue weighted by atomic mass is 15.3. The number of nitrogens with zero attached hydrogens (tertiary/aromatic N) is 6. The first-order valence-electron chi connectivity index (χ1n) is 6.33. The molecule has 3 heterocycles. The standard InChI is InChI=1S/C13H11N7/c1-2-4-9(5-3-1)11-15-12(18-17-11)13-19-16-10-8-14-6-7-20(10)13/h1-5,8H,6-7H2,(H,15,17,18). The first-order valence-corrected chi connectivity index (χ1v) is 6.33. The van der Waals surface area contributed by atoms with E-state index in [1.54, 1.807) is 6.21 Å². The van der Waals surface area contributed by atoms with E-state index in [9.17, 15) is 0 Å². The number of rotatable bonds is 2. The van der Waals surface area contributed by atoms with Gasteiger partial charge in [0.05, 0.1) is 12.8 Å². The van der Waals surface area contributed by atoms with E-state index in [0.717, 1.165) is 24.5 Å². The molecule has 0 saturated carbocycles. The molecule has 98 valence electrons. The fraction of sp³-hybridized carbons (Fsp3) is 0.154. The average molecular weight is 265 g/mol. The summed E-state index contributed by atoms with van der Waals surface area (Å²) in [6, 6.07) is 9.82. The van der Waals surface area contributed by atoms with Crippen LogP contribution in [0, 0.1) is 0 Å². The van der Waals surface area contributed by atoms with Crippen molar-refractivity contribution in [3.63, 3.8) is 0 Å². The summed E-state index contributed by atoms with van der Waals surface area (Å²) in [5.41, 5.74) is 0.968. The van der Waals surface area contributed by atoms with Crippen molar-refractivity contribution in [1.82, 2.24) is 29.9 Å². The van der Waals surface area contributed by atoms with Crippen LogP contribution in [0.4, 0.5) is 0 Å². The van der Waals surface area contributed by atoms with Crippen molar-refractivity contribution < 1.29 is 0 Å². The van der Waals surface area contributed by atoms with Gasteiger partial charge in [-0.25, -0.2) is 4.98 Å². The van der Waals surface area contributed by atoms with Gasteiger partial charge in [0.2, 0.25) is 5.82 Å². The largest absolute Gasteiger partial charge is 0.302 e. The topological polar surface area (TPSA) is 84.6 Å². The molecule has 0 unspecified atom stereocenters. The maximum atomic E-state index is 4.50. The molecule has 4 rings (SSSR count). The molecule has 1 aliphatic heterocycles. The molecule has 7 heteroatoms. The molecule has 7 nitrogen and oxygen atoms in total. The van der Waals surface area contributed by atoms with Crippen molar-refractivity contribution in [2.45, 2.75) is 6.54 Å². The van der Waals surface area contributed by atoms with Gasteiger partial charge in [-0.05, 0) is 0 Å². The molecule has 0 radical (unpaired) electrons. The van der Waals surface area contributed by atoms with Gasteiger partial charge in [-0.2, -0.15) is 5.10 Å². The van der Waals surface area contributed by atoms with E-state index in [4.69, 9.17) is 0 Å². The molecule has 20 heavy (non-hydrogen) atoms. The molecular formula is C13H11N7. The second-order valence-electron chi connectivity index (χ2n) is 4.44. The van der Waals surface area contributed by atoms with Gasteiger partial charge in [-0.15, -0.1) is 10.2 Å². The minimum Gasteiger partial charge on any atom is -0.302 e. The normalized spacial score (nSPS) is 13.4. The van der Waals surface area contributed by atoms with Crippen LogP contribution in [0.15, 0.2) is 35.3 Å². The lowest BCUT2D eigenvalue weighted by atomic mass is 10.2. The van der Waals surface area contributed by atoms with Crippen molar-refractivity contribution in [3.8, 4) is 23.0 Å². The predicted octanol–water partition coefficient (Wildman–Crippen LogP) is 1.16. The zero-order chi connectivity index (χ0) is 13.4. The predicted molar refractivity (Wildman–Crippen MR) is 73.3 cm³/mol. The summed E-state index contributed by atoms with van der Waals surface area (Å²) in [5, 5.41) is 15.4. The number of aliphatic imine (C=N–C) groups is 1. The smallest absolute Gasteiger partial charge is 0.201 e. The van der Waals surface area contributed by atoms with Crippen LogP contribution in [-0.4, -0.2) is 42.7 Å². The lowest BCUT2D eigenvalue weighted by molar-refractivity contribution is 0.690. The van der Waals surface area contributed by atoms with Crippen LogP contribution >= 0.6 is 0 Å². The van der Waals surface area contributed by atoms with Gasteiger partial charge in [0.1, 0.15) is 0 Å². The second kappa shape index (κ2) is 4.37. The average Bonchev–Trinajstić information content (AvgIpc) is 3.14. The zero-order valence-electron chi connectivity index (χ0n) is 10.6. The third-order valence-electron chi connectivity index (χ3n) is 3.17. The minimum atomic E-state index is 0.623. The summed E-state index contributed by atoms with van der Waals surface area (Å²) in [4.78, 5) is 8.68. The minimum absolute atomic E-state index is 0.623. The first-order chi connectivity index (χ1) is 9.92. The Bertz CT molecular complexity index is 769. The molecule has 0 aliphatic carbocycles. The molecule has 2 aromatic heterocycles. The van der Waals surface area contributed by atoms with E-state index in [-0.39, 0.29) is 0 Å². The number of fused-ring (bicyclic) bond motifs is 1. The van der Waals surface area contributed by atoms with Gasteiger partial charge in [0.25, 0.3) is 0 Å². The molecule has 1 N–H and O–H groups in total. The van der Waals surface area contributed by atoms with Gasteiger partial charge in [-0.1, -0.05) is 30.3 Å². The van der Waals surface area contributed by atoms with Crippen LogP contribution in [0.1, 0.15) is 5.82 Å². The Morgan fingerprint density at radius 2 is 2.00 bits per heavy atom. The fourth-order valence-corrected chi connectivity index (χ4v) is 2.19. The Morgan fingerprint density at radius 3 is 2.90 bits per heavy atom. The molecule has 0 bridgehead atoms. The monoisotopic (exact) mass is 265 g/mol. The van der Waals surface area contributed by atoms with Gasteiger partial charge < -0.3 is 4.57 Å². The van der Waals surface area contributed by atoms with Crippen LogP contribution in [0.3, 0.4) is 0 Å². The van der Waals surface area contributed by atoms with E-state index in [1.807, 2.05) is 34.9 Å². The molecular weight excluding hydrogens is 254 g/mol. The maximum absolute atomic E-state index is 4.50. The molecule has 0 atom stereocenters. The molecule has 1 aliphatic rings. The van der Waals surface area contributed by atoms with Crippen molar-refractivity contribution in [2.75, 3.05) is 6.54 Å². The van der Waals surface area contributed by atoms with E-state index in [1.165, 1.54) is 0 Å². The Kier molecular flexibility index (Phi) is 2.41. The third kappa shape index (κ3) is 1.71. The molecule has 1 aromatic carbocycles. The number of H-pyrrole nitrogens is 1. The lowest BCUT2D eigenvalue weighted by Gasteiger charge is -2.08. The summed E-state index contributed by atoms with van der Waals surface area (Å²) in [6.45, 7) is 1.49. The van der Waals surface area contributed by atoms with Gasteiger partial charge in [-0.3, -0.25) is 10.1 Å². The molecule has 0 saturated heterocycles. The van der Waals surface area contributed by atoms with Gasteiger partial charge in [0, 0.05) is 12.1 Å². The summed E-state index contributed by atoms with van der Waals surface area (Å²) in [7, 11) is 0. The Balaban J connectivity index is 1.76. The highest BCUT2D eigenvalue weighted by Gasteiger charge is 2.18. The third-order valence-corrected chi connectivity index (χ3v) is 3.17. The van der Waals surface area contributed by atoms with E-state index >= 15 is 0 Å². The van der Waals surface area contributed by atoms with Crippen LogP contribution in [0.5, 0.6) is 0 Å². The Morgan fingerprint density at radius 1 is 1.10 bits per heavy atom. The maximum Gasteiger partial charge on any atom is 0.201 e. The number of nitrogens with one attached hydrogen (secondary N) is 1. The van der Waals surface area contributed by atoms with Crippen molar-refractivity contribution in [2.24, 2.45) is 4.99 Å². The van der Waals surface area contributed by atoms with Crippen LogP contribution < -0.4 is 0 Å². The first kappa shape index (κ1) is 11.0. The number of benzene rings is 1. The number of aromatic nitrogens is 6. The summed E-state index contributed by atoms with van der Waals surface area (Å²) in [6.07, 6.45) is 1.73. The Labute approximate surface area is 114 Å². The number of hydrogen-bond donors (Lipinski definition) is 1. The molecule has 0 spiro atoms. The van der Waals surface area contributed by atoms with Crippen molar-refractivity contribution >= 4 is 6.21 Å². The number of hydrogen-bond acceptors (Lipinski definition) is 5. The lowest BCUT2D eigenvalue weighted by Crippen LogP contribution is -2.12. The van der Waals surface area contributed by atoms with E-state index in [2.05, 4.69) is 30.4 Å². The zero-order valence-corrected chi connectivity index (χ0v) is 10.6. The van der Waals surface area contributed by atoms with Gasteiger partial charge >= 0.3 is 0 Å². The highest BCUT2D eigenvalue weighted by molar-refractivity contribution is 5.76. The number of aromatic amines is 1. The van der Waals surface area contributed by atoms with Crippen molar-refractivity contribution in [1.29, 1.82) is 0 Å². The fourth-order valence-electron chi connectivity index (χ4n) is 2.19. The summed E-state index contributed by atoms with van der Waals surface area (Å²) in [5.74, 6) is 2.73. The van der Waals surface area contributed by atoms with Crippen LogP contribution in [0.2, 0.25) is 0 Å². The van der Waals surface area contributed by atoms with Crippen LogP contribution in [0.25, 0.3) is 23.0 Å².